The van der Waals surface area contributed by atoms with E-state index in [-0.39, 0.29) is 17.4 Å². The Hall–Kier alpha value is -2.42. The highest BCUT2D eigenvalue weighted by Gasteiger charge is 2.25. The van der Waals surface area contributed by atoms with Crippen LogP contribution in [0.4, 0.5) is 11.5 Å². The average molecular weight is 421 g/mol. The minimum Gasteiger partial charge on any atom is -0.378 e. The Morgan fingerprint density at radius 1 is 1.42 bits per heavy atom. The summed E-state index contributed by atoms with van der Waals surface area (Å²) in [5.74, 6) is 0.602. The number of nitrogens with one attached hydrogen (secondary N) is 1. The molecule has 2 aromatic heterocycles. The standard InChI is InChI=1S/C17H21BrN6O2/c1-23-17(26)14(18)13(10-22-23)21-9-12-3-2-6-20-16(12)24-7-4-11(5-8-24)15(19)25/h2-3,6,10-11,21H,4-5,7-9H2,1H3,(H2,19,25). The monoisotopic (exact) mass is 420 g/mol. The number of nitrogens with zero attached hydrogens (tertiary/aromatic N) is 4. The molecule has 8 nitrogen and oxygen atoms in total. The molecule has 3 heterocycles. The Kier molecular flexibility index (Phi) is 5.55. The fraction of sp³-hybridized carbons (Fsp3) is 0.412. The normalized spacial score (nSPS) is 15.1. The first-order chi connectivity index (χ1) is 12.5. The van der Waals surface area contributed by atoms with Crippen molar-refractivity contribution < 1.29 is 4.79 Å². The molecule has 138 valence electrons. The van der Waals surface area contributed by atoms with Crippen LogP contribution in [0.5, 0.6) is 0 Å². The molecule has 0 aromatic carbocycles. The van der Waals surface area contributed by atoms with Crippen LogP contribution in [-0.4, -0.2) is 33.8 Å². The molecule has 1 aliphatic rings. The van der Waals surface area contributed by atoms with Gasteiger partial charge < -0.3 is 16.0 Å². The number of piperidine rings is 1. The number of pyridine rings is 1. The predicted octanol–water partition coefficient (Wildman–Crippen LogP) is 1.25. The van der Waals surface area contributed by atoms with Crippen LogP contribution in [-0.2, 0) is 18.4 Å². The Morgan fingerprint density at radius 3 is 2.85 bits per heavy atom. The van der Waals surface area contributed by atoms with Gasteiger partial charge in [0.15, 0.2) is 0 Å². The van der Waals surface area contributed by atoms with Gasteiger partial charge in [-0.15, -0.1) is 0 Å². The van der Waals surface area contributed by atoms with Gasteiger partial charge in [0.2, 0.25) is 5.91 Å². The second-order valence-corrected chi connectivity index (χ2v) is 7.10. The SMILES string of the molecule is Cn1ncc(NCc2cccnc2N2CCC(C(N)=O)CC2)c(Br)c1=O. The number of carbonyl (C=O) groups is 1. The Morgan fingerprint density at radius 2 is 2.15 bits per heavy atom. The third-order valence-corrected chi connectivity index (χ3v) is 5.38. The number of rotatable bonds is 5. The number of nitrogens with two attached hydrogens (primary N) is 1. The van der Waals surface area contributed by atoms with Crippen molar-refractivity contribution in [2.45, 2.75) is 19.4 Å². The van der Waals surface area contributed by atoms with Gasteiger partial charge in [0.25, 0.3) is 5.56 Å². The molecular weight excluding hydrogens is 400 g/mol. The zero-order valence-corrected chi connectivity index (χ0v) is 16.1. The molecule has 1 saturated heterocycles. The highest BCUT2D eigenvalue weighted by molar-refractivity contribution is 9.10. The van der Waals surface area contributed by atoms with E-state index in [9.17, 15) is 9.59 Å². The maximum Gasteiger partial charge on any atom is 0.282 e. The maximum atomic E-state index is 12.0. The first-order valence-corrected chi connectivity index (χ1v) is 9.20. The lowest BCUT2D eigenvalue weighted by Gasteiger charge is -2.32. The molecule has 0 bridgehead atoms. The van der Waals surface area contributed by atoms with E-state index in [2.05, 4.69) is 36.2 Å². The third-order valence-electron chi connectivity index (χ3n) is 4.61. The highest BCUT2D eigenvalue weighted by atomic mass is 79.9. The second kappa shape index (κ2) is 7.86. The number of anilines is 2. The van der Waals surface area contributed by atoms with Crippen molar-refractivity contribution in [2.24, 2.45) is 18.7 Å². The number of hydrogen-bond acceptors (Lipinski definition) is 6. The highest BCUT2D eigenvalue weighted by Crippen LogP contribution is 2.25. The number of hydrogen-bond donors (Lipinski definition) is 2. The van der Waals surface area contributed by atoms with Crippen molar-refractivity contribution in [2.75, 3.05) is 23.3 Å². The van der Waals surface area contributed by atoms with Crippen LogP contribution >= 0.6 is 15.9 Å². The van der Waals surface area contributed by atoms with E-state index in [1.54, 1.807) is 19.4 Å². The van der Waals surface area contributed by atoms with Gasteiger partial charge in [0.05, 0.1) is 11.9 Å². The molecule has 0 saturated carbocycles. The molecule has 26 heavy (non-hydrogen) atoms. The quantitative estimate of drug-likeness (QED) is 0.753. The molecule has 1 fully saturated rings. The summed E-state index contributed by atoms with van der Waals surface area (Å²) in [6.45, 7) is 2.00. The molecule has 9 heteroatoms. The van der Waals surface area contributed by atoms with Crippen LogP contribution in [0.15, 0.2) is 33.8 Å². The van der Waals surface area contributed by atoms with Crippen LogP contribution in [0.3, 0.4) is 0 Å². The first kappa shape index (κ1) is 18.4. The molecule has 2 aromatic rings. The Labute approximate surface area is 159 Å². The van der Waals surface area contributed by atoms with Gasteiger partial charge in [-0.1, -0.05) is 6.07 Å². The van der Waals surface area contributed by atoms with Crippen molar-refractivity contribution in [3.8, 4) is 0 Å². The summed E-state index contributed by atoms with van der Waals surface area (Å²) < 4.78 is 1.72. The zero-order chi connectivity index (χ0) is 18.7. The average Bonchev–Trinajstić information content (AvgIpc) is 2.66. The molecule has 0 aliphatic carbocycles. The van der Waals surface area contributed by atoms with E-state index in [0.29, 0.717) is 16.7 Å². The predicted molar refractivity (Wildman–Crippen MR) is 103 cm³/mol. The minimum absolute atomic E-state index is 0.0564. The van der Waals surface area contributed by atoms with Gasteiger partial charge in [-0.25, -0.2) is 9.67 Å². The van der Waals surface area contributed by atoms with Gasteiger partial charge >= 0.3 is 0 Å². The van der Waals surface area contributed by atoms with Crippen molar-refractivity contribution in [3.05, 3.63) is 44.9 Å². The van der Waals surface area contributed by atoms with Gasteiger partial charge in [-0.3, -0.25) is 9.59 Å². The molecular formula is C17H21BrN6O2. The van der Waals surface area contributed by atoms with E-state index < -0.39 is 0 Å². The fourth-order valence-electron chi connectivity index (χ4n) is 3.05. The molecule has 0 spiro atoms. The maximum absolute atomic E-state index is 12.0. The summed E-state index contributed by atoms with van der Waals surface area (Å²) in [7, 11) is 1.60. The first-order valence-electron chi connectivity index (χ1n) is 8.41. The molecule has 1 aliphatic heterocycles. The van der Waals surface area contributed by atoms with Crippen molar-refractivity contribution >= 4 is 33.3 Å². The van der Waals surface area contributed by atoms with Crippen LogP contribution < -0.4 is 21.5 Å². The van der Waals surface area contributed by atoms with E-state index in [1.165, 1.54) is 4.68 Å². The van der Waals surface area contributed by atoms with Crippen LogP contribution in [0.25, 0.3) is 0 Å². The van der Waals surface area contributed by atoms with Crippen LogP contribution in [0.1, 0.15) is 18.4 Å². The van der Waals surface area contributed by atoms with E-state index in [0.717, 1.165) is 37.3 Å². The zero-order valence-electron chi connectivity index (χ0n) is 14.5. The summed E-state index contributed by atoms with van der Waals surface area (Å²) in [5, 5.41) is 7.27. The summed E-state index contributed by atoms with van der Waals surface area (Å²) in [6.07, 6.45) is 4.85. The lowest BCUT2D eigenvalue weighted by atomic mass is 9.96. The summed E-state index contributed by atoms with van der Waals surface area (Å²) in [6, 6.07) is 3.88. The largest absolute Gasteiger partial charge is 0.378 e. The van der Waals surface area contributed by atoms with Crippen molar-refractivity contribution in [3.63, 3.8) is 0 Å². The molecule has 0 atom stereocenters. The number of primary amides is 1. The molecule has 1 amide bonds. The van der Waals surface area contributed by atoms with E-state index in [4.69, 9.17) is 5.73 Å². The van der Waals surface area contributed by atoms with Crippen molar-refractivity contribution in [1.82, 2.24) is 14.8 Å². The Bertz CT molecular complexity index is 861. The number of amides is 1. The summed E-state index contributed by atoms with van der Waals surface area (Å²) >= 11 is 3.31. The third kappa shape index (κ3) is 3.87. The van der Waals surface area contributed by atoms with Crippen LogP contribution in [0, 0.1) is 5.92 Å². The number of aryl methyl sites for hydroxylation is 1. The minimum atomic E-state index is -0.226. The van der Waals surface area contributed by atoms with Gasteiger partial charge in [-0.2, -0.15) is 5.10 Å². The van der Waals surface area contributed by atoms with Gasteiger partial charge in [-0.05, 0) is 34.8 Å². The topological polar surface area (TPSA) is 106 Å². The number of carbonyl (C=O) groups excluding carboxylic acids is 1. The number of halogens is 1. The summed E-state index contributed by atoms with van der Waals surface area (Å²) in [5.41, 5.74) is 6.86. The van der Waals surface area contributed by atoms with E-state index in [1.807, 2.05) is 12.1 Å². The fourth-order valence-corrected chi connectivity index (χ4v) is 3.55. The molecule has 3 rings (SSSR count). The van der Waals surface area contributed by atoms with E-state index >= 15 is 0 Å². The lowest BCUT2D eigenvalue weighted by Crippen LogP contribution is -2.39. The van der Waals surface area contributed by atoms with Gasteiger partial charge in [0, 0.05) is 44.4 Å². The van der Waals surface area contributed by atoms with Gasteiger partial charge in [0.1, 0.15) is 10.3 Å². The smallest absolute Gasteiger partial charge is 0.282 e. The Balaban J connectivity index is 1.73. The molecule has 3 N–H and O–H groups in total. The number of aromatic nitrogens is 3. The van der Waals surface area contributed by atoms with Crippen LogP contribution in [0.2, 0.25) is 0 Å². The van der Waals surface area contributed by atoms with Crippen molar-refractivity contribution in [1.29, 1.82) is 0 Å². The molecule has 0 radical (unpaired) electrons. The second-order valence-electron chi connectivity index (χ2n) is 6.30. The lowest BCUT2D eigenvalue weighted by molar-refractivity contribution is -0.122. The molecule has 0 unspecified atom stereocenters. The summed E-state index contributed by atoms with van der Waals surface area (Å²) in [4.78, 5) is 30.0.